The van der Waals surface area contributed by atoms with Gasteiger partial charge >= 0.3 is 6.09 Å². The highest BCUT2D eigenvalue weighted by molar-refractivity contribution is 6.04. The van der Waals surface area contributed by atoms with Gasteiger partial charge in [-0.2, -0.15) is 5.26 Å². The number of unbranched alkanes of at least 4 members (excludes halogenated alkanes) is 1. The van der Waals surface area contributed by atoms with Crippen LogP contribution < -0.4 is 5.32 Å². The van der Waals surface area contributed by atoms with E-state index in [1.54, 1.807) is 7.11 Å². The Kier molecular flexibility index (Phi) is 12.4. The summed E-state index contributed by atoms with van der Waals surface area (Å²) in [5.74, 6) is -0.116. The van der Waals surface area contributed by atoms with E-state index in [0.717, 1.165) is 55.2 Å². The lowest BCUT2D eigenvalue weighted by atomic mass is 10.0. The number of hydrogen-bond acceptors (Lipinski definition) is 5. The molecule has 2 aromatic rings. The van der Waals surface area contributed by atoms with Crippen LogP contribution in [0, 0.1) is 11.3 Å². The average Bonchev–Trinajstić information content (AvgIpc) is 3.21. The molecule has 0 aliphatic carbocycles. The molecule has 210 valence electrons. The van der Waals surface area contributed by atoms with Crippen molar-refractivity contribution in [3.05, 3.63) is 35.0 Å². The predicted octanol–water partition coefficient (Wildman–Crippen LogP) is 4.51. The number of ether oxygens (including phenoxy) is 1. The van der Waals surface area contributed by atoms with E-state index in [0.29, 0.717) is 43.9 Å². The first kappa shape index (κ1) is 31.4. The molecule has 38 heavy (non-hydrogen) atoms. The van der Waals surface area contributed by atoms with Gasteiger partial charge in [-0.05, 0) is 65.0 Å². The lowest BCUT2D eigenvalue weighted by Gasteiger charge is -2.38. The second-order valence-corrected chi connectivity index (χ2v) is 9.92. The molecule has 1 fully saturated rings. The number of amides is 2. The van der Waals surface area contributed by atoms with Gasteiger partial charge in [0.15, 0.2) is 0 Å². The number of benzene rings is 1. The average molecular weight is 548 g/mol. The fourth-order valence-electron chi connectivity index (χ4n) is 5.42. The second kappa shape index (κ2) is 15.0. The van der Waals surface area contributed by atoms with Crippen molar-refractivity contribution in [2.24, 2.45) is 0 Å². The number of methoxy groups -OCH3 is 1. The molecule has 0 spiro atoms. The number of rotatable bonds is 12. The first-order chi connectivity index (χ1) is 17.8. The maximum Gasteiger partial charge on any atom is 0.407 e. The Balaban J connectivity index is 0.00000507. The van der Waals surface area contributed by atoms with Crippen LogP contribution >= 0.6 is 12.4 Å². The third-order valence-corrected chi connectivity index (χ3v) is 7.22. The zero-order valence-electron chi connectivity index (χ0n) is 23.0. The van der Waals surface area contributed by atoms with Gasteiger partial charge in [0.1, 0.15) is 11.8 Å². The van der Waals surface area contributed by atoms with Gasteiger partial charge in [0.2, 0.25) is 0 Å². The van der Waals surface area contributed by atoms with Crippen LogP contribution in [-0.4, -0.2) is 83.5 Å². The summed E-state index contributed by atoms with van der Waals surface area (Å²) in [6, 6.07) is 8.17. The van der Waals surface area contributed by atoms with Crippen LogP contribution in [0.1, 0.15) is 68.1 Å². The topological polar surface area (TPSA) is 111 Å². The number of nitriles is 1. The number of para-hydroxylation sites is 1. The predicted molar refractivity (Wildman–Crippen MR) is 151 cm³/mol. The van der Waals surface area contributed by atoms with E-state index < -0.39 is 6.09 Å². The molecule has 2 heterocycles. The number of aryl methyl sites for hydroxylation is 1. The van der Waals surface area contributed by atoms with Gasteiger partial charge in [0.25, 0.3) is 5.91 Å². The van der Waals surface area contributed by atoms with E-state index in [1.807, 2.05) is 48.4 Å². The Morgan fingerprint density at radius 1 is 1.32 bits per heavy atom. The monoisotopic (exact) mass is 547 g/mol. The molecule has 1 atom stereocenters. The van der Waals surface area contributed by atoms with Gasteiger partial charge in [-0.3, -0.25) is 4.79 Å². The van der Waals surface area contributed by atoms with Crippen LogP contribution in [0.25, 0.3) is 10.9 Å². The molecular formula is C28H42ClN5O4. The van der Waals surface area contributed by atoms with Crippen molar-refractivity contribution < 1.29 is 19.4 Å². The quantitative estimate of drug-likeness (QED) is 0.378. The highest BCUT2D eigenvalue weighted by atomic mass is 35.5. The van der Waals surface area contributed by atoms with Crippen molar-refractivity contribution >= 4 is 35.3 Å². The molecular weight excluding hydrogens is 506 g/mol. The largest absolute Gasteiger partial charge is 0.465 e. The molecule has 1 aliphatic rings. The van der Waals surface area contributed by atoms with Gasteiger partial charge < -0.3 is 29.5 Å². The number of aromatic nitrogens is 1. The van der Waals surface area contributed by atoms with E-state index in [4.69, 9.17) is 4.74 Å². The molecule has 3 rings (SSSR count). The summed E-state index contributed by atoms with van der Waals surface area (Å²) in [7, 11) is 1.67. The molecule has 1 aliphatic heterocycles. The van der Waals surface area contributed by atoms with E-state index in [1.165, 1.54) is 4.90 Å². The standard InChI is InChI=1S/C28H41N5O4.ClH/c1-5-31(28(35)36)16-13-21-10-8-12-23-24(18-29)26(32(25(21)23)15-6-7-17-37-4)27(34)33(20(2)3)22-11-9-14-30-19-22;/h8,10,12,20,22,30H,5-7,9,11,13-17,19H2,1-4H3,(H,35,36);1H/t22-;/m1./s1. The van der Waals surface area contributed by atoms with E-state index in [9.17, 15) is 20.0 Å². The molecule has 0 bridgehead atoms. The van der Waals surface area contributed by atoms with Crippen LogP contribution in [0.5, 0.6) is 0 Å². The summed E-state index contributed by atoms with van der Waals surface area (Å²) in [6.45, 7) is 9.51. The molecule has 0 saturated carbocycles. The first-order valence-corrected chi connectivity index (χ1v) is 13.4. The Morgan fingerprint density at radius 2 is 2.08 bits per heavy atom. The van der Waals surface area contributed by atoms with Crippen molar-refractivity contribution in [2.75, 3.05) is 39.9 Å². The molecule has 2 N–H and O–H groups in total. The van der Waals surface area contributed by atoms with E-state index in [2.05, 4.69) is 11.4 Å². The molecule has 0 radical (unpaired) electrons. The number of carbonyl (C=O) groups excluding carboxylic acids is 1. The number of halogens is 1. The number of piperidine rings is 1. The minimum Gasteiger partial charge on any atom is -0.465 e. The third-order valence-electron chi connectivity index (χ3n) is 7.22. The Hall–Kier alpha value is -2.80. The minimum absolute atomic E-state index is 0. The fourth-order valence-corrected chi connectivity index (χ4v) is 5.42. The van der Waals surface area contributed by atoms with Crippen LogP contribution in [0.3, 0.4) is 0 Å². The first-order valence-electron chi connectivity index (χ1n) is 13.4. The number of nitrogens with one attached hydrogen (secondary N) is 1. The van der Waals surface area contributed by atoms with Crippen LogP contribution in [0.15, 0.2) is 18.2 Å². The van der Waals surface area contributed by atoms with Crippen molar-refractivity contribution in [1.82, 2.24) is 19.7 Å². The smallest absolute Gasteiger partial charge is 0.407 e. The van der Waals surface area contributed by atoms with Crippen molar-refractivity contribution in [3.8, 4) is 6.07 Å². The highest BCUT2D eigenvalue weighted by Crippen LogP contribution is 2.32. The molecule has 2 amide bonds. The maximum absolute atomic E-state index is 14.3. The highest BCUT2D eigenvalue weighted by Gasteiger charge is 2.33. The molecule has 10 heteroatoms. The molecule has 1 saturated heterocycles. The van der Waals surface area contributed by atoms with Gasteiger partial charge in [-0.15, -0.1) is 12.4 Å². The molecule has 9 nitrogen and oxygen atoms in total. The van der Waals surface area contributed by atoms with E-state index >= 15 is 0 Å². The summed E-state index contributed by atoms with van der Waals surface area (Å²) >= 11 is 0. The van der Waals surface area contributed by atoms with Crippen LogP contribution in [-0.2, 0) is 17.7 Å². The van der Waals surface area contributed by atoms with Gasteiger partial charge in [0, 0.05) is 57.4 Å². The number of fused-ring (bicyclic) bond motifs is 1. The summed E-state index contributed by atoms with van der Waals surface area (Å²) in [5, 5.41) is 23.9. The maximum atomic E-state index is 14.3. The summed E-state index contributed by atoms with van der Waals surface area (Å²) in [6.07, 6.45) is 3.11. The number of hydrogen-bond donors (Lipinski definition) is 2. The zero-order chi connectivity index (χ0) is 26.9. The molecule has 1 aromatic heterocycles. The van der Waals surface area contributed by atoms with E-state index in [-0.39, 0.29) is 30.4 Å². The van der Waals surface area contributed by atoms with Crippen LogP contribution in [0.4, 0.5) is 4.79 Å². The normalized spacial score (nSPS) is 15.2. The minimum atomic E-state index is -0.952. The van der Waals surface area contributed by atoms with Crippen molar-refractivity contribution in [3.63, 3.8) is 0 Å². The molecule has 0 unspecified atom stereocenters. The fraction of sp³-hybridized carbons (Fsp3) is 0.607. The number of likely N-dealkylation sites (N-methyl/N-ethyl adjacent to an activating group) is 1. The van der Waals surface area contributed by atoms with Crippen LogP contribution in [0.2, 0.25) is 0 Å². The summed E-state index contributed by atoms with van der Waals surface area (Å²) < 4.78 is 7.26. The Morgan fingerprint density at radius 3 is 2.66 bits per heavy atom. The third kappa shape index (κ3) is 6.99. The molecule has 1 aromatic carbocycles. The zero-order valence-corrected chi connectivity index (χ0v) is 23.9. The Labute approximate surface area is 232 Å². The van der Waals surface area contributed by atoms with Crippen molar-refractivity contribution in [2.45, 2.75) is 71.5 Å². The van der Waals surface area contributed by atoms with Gasteiger partial charge in [0.05, 0.1) is 11.1 Å². The van der Waals surface area contributed by atoms with Gasteiger partial charge in [-0.1, -0.05) is 18.2 Å². The lowest BCUT2D eigenvalue weighted by Crippen LogP contribution is -2.52. The summed E-state index contributed by atoms with van der Waals surface area (Å²) in [4.78, 5) is 29.2. The number of nitrogens with zero attached hydrogens (tertiary/aromatic N) is 4. The second-order valence-electron chi connectivity index (χ2n) is 9.92. The number of carboxylic acid groups (broad SMARTS) is 1. The number of carbonyl (C=O) groups is 2. The van der Waals surface area contributed by atoms with Gasteiger partial charge in [-0.25, -0.2) is 4.79 Å². The summed E-state index contributed by atoms with van der Waals surface area (Å²) in [5.41, 5.74) is 2.63. The Bertz CT molecular complexity index is 1120. The SMILES string of the molecule is CCN(CCc1cccc2c(C#N)c(C(=O)N(C(C)C)[C@@H]3CCCNC3)n(CCCCOC)c12)C(=O)O.Cl. The van der Waals surface area contributed by atoms with Crippen molar-refractivity contribution in [1.29, 1.82) is 5.26 Å². The lowest BCUT2D eigenvalue weighted by molar-refractivity contribution is 0.0562.